The summed E-state index contributed by atoms with van der Waals surface area (Å²) in [6, 6.07) is 0.00648. The van der Waals surface area contributed by atoms with Gasteiger partial charge in [0, 0.05) is 11.6 Å². The van der Waals surface area contributed by atoms with Crippen LogP contribution in [-0.2, 0) is 4.74 Å². The molecule has 1 aliphatic carbocycles. The third-order valence-electron chi connectivity index (χ3n) is 2.68. The maximum absolute atomic E-state index is 11.5. The second kappa shape index (κ2) is 4.59. The molecule has 2 unspecified atom stereocenters. The minimum absolute atomic E-state index is 0.00648. The van der Waals surface area contributed by atoms with Crippen molar-refractivity contribution in [3.8, 4) is 0 Å². The van der Waals surface area contributed by atoms with Crippen molar-refractivity contribution < 1.29 is 14.6 Å². The van der Waals surface area contributed by atoms with E-state index in [0.717, 1.165) is 12.8 Å². The van der Waals surface area contributed by atoms with Crippen LogP contribution < -0.4 is 11.1 Å². The summed E-state index contributed by atoms with van der Waals surface area (Å²) in [4.78, 5) is 11.5. The van der Waals surface area contributed by atoms with Gasteiger partial charge in [-0.15, -0.1) is 0 Å². The summed E-state index contributed by atoms with van der Waals surface area (Å²) in [6.07, 6.45) is 1.70. The van der Waals surface area contributed by atoms with E-state index in [2.05, 4.69) is 5.32 Å². The number of carbonyl (C=O) groups excluding carboxylic acids is 1. The molecule has 1 rings (SSSR count). The Morgan fingerprint density at radius 1 is 1.62 bits per heavy atom. The van der Waals surface area contributed by atoms with Gasteiger partial charge in [0.15, 0.2) is 0 Å². The van der Waals surface area contributed by atoms with Crippen LogP contribution >= 0.6 is 0 Å². The van der Waals surface area contributed by atoms with E-state index in [4.69, 9.17) is 15.6 Å². The van der Waals surface area contributed by atoms with Crippen LogP contribution in [0.25, 0.3) is 0 Å². The van der Waals surface area contributed by atoms with Gasteiger partial charge in [0.2, 0.25) is 0 Å². The first-order valence-electron chi connectivity index (χ1n) is 5.63. The van der Waals surface area contributed by atoms with Crippen molar-refractivity contribution >= 4 is 6.09 Å². The highest BCUT2D eigenvalue weighted by Gasteiger charge is 2.36. The minimum Gasteiger partial charge on any atom is -0.444 e. The molecule has 0 aromatic rings. The normalized spacial score (nSPS) is 30.2. The highest BCUT2D eigenvalue weighted by atomic mass is 16.6. The molecule has 0 aromatic heterocycles. The van der Waals surface area contributed by atoms with Gasteiger partial charge in [0.25, 0.3) is 0 Å². The number of rotatable bonds is 2. The highest BCUT2D eigenvalue weighted by Crippen LogP contribution is 2.27. The Morgan fingerprint density at radius 3 is 2.69 bits per heavy atom. The lowest BCUT2D eigenvalue weighted by molar-refractivity contribution is 0.0502. The summed E-state index contributed by atoms with van der Waals surface area (Å²) < 4.78 is 5.15. The zero-order valence-electron chi connectivity index (χ0n) is 10.2. The smallest absolute Gasteiger partial charge is 0.407 e. The molecule has 0 radical (unpaired) electrons. The monoisotopic (exact) mass is 230 g/mol. The van der Waals surface area contributed by atoms with Crippen LogP contribution in [0.2, 0.25) is 0 Å². The molecular weight excluding hydrogens is 208 g/mol. The van der Waals surface area contributed by atoms with E-state index < -0.39 is 17.2 Å². The molecule has 0 aliphatic heterocycles. The van der Waals surface area contributed by atoms with Crippen LogP contribution in [0.1, 0.15) is 40.0 Å². The molecule has 0 bridgehead atoms. The SMILES string of the molecule is CC(C)(C)OC(=O)NC1CCC(N)(CO)C1. The Hall–Kier alpha value is -0.810. The number of ether oxygens (including phenoxy) is 1. The standard InChI is InChI=1S/C11H22N2O3/c1-10(2,3)16-9(15)13-8-4-5-11(12,6-8)7-14/h8,14H,4-7,12H2,1-3H3,(H,13,15). The third kappa shape index (κ3) is 3.98. The molecule has 0 heterocycles. The number of carbonyl (C=O) groups is 1. The average Bonchev–Trinajstić information content (AvgIpc) is 2.45. The van der Waals surface area contributed by atoms with Gasteiger partial charge in [-0.2, -0.15) is 0 Å². The second-order valence-corrected chi connectivity index (χ2v) is 5.61. The van der Waals surface area contributed by atoms with Crippen LogP contribution in [0.15, 0.2) is 0 Å². The molecule has 5 nitrogen and oxygen atoms in total. The molecule has 0 saturated heterocycles. The number of alkyl carbamates (subject to hydrolysis) is 1. The van der Waals surface area contributed by atoms with Crippen molar-refractivity contribution in [2.75, 3.05) is 6.61 Å². The van der Waals surface area contributed by atoms with Gasteiger partial charge in [-0.3, -0.25) is 0 Å². The maximum Gasteiger partial charge on any atom is 0.407 e. The van der Waals surface area contributed by atoms with Crippen molar-refractivity contribution in [1.29, 1.82) is 0 Å². The second-order valence-electron chi connectivity index (χ2n) is 5.61. The molecule has 4 N–H and O–H groups in total. The van der Waals surface area contributed by atoms with Crippen LogP contribution in [-0.4, -0.2) is 35.0 Å². The maximum atomic E-state index is 11.5. The van der Waals surface area contributed by atoms with Crippen molar-refractivity contribution in [1.82, 2.24) is 5.32 Å². The lowest BCUT2D eigenvalue weighted by Gasteiger charge is -2.23. The largest absolute Gasteiger partial charge is 0.444 e. The van der Waals surface area contributed by atoms with Crippen molar-refractivity contribution in [2.45, 2.75) is 57.2 Å². The van der Waals surface area contributed by atoms with Gasteiger partial charge in [0.05, 0.1) is 6.61 Å². The Kier molecular flexibility index (Phi) is 3.80. The van der Waals surface area contributed by atoms with E-state index in [9.17, 15) is 4.79 Å². The number of aliphatic hydroxyl groups excluding tert-OH is 1. The molecule has 1 fully saturated rings. The fourth-order valence-electron chi connectivity index (χ4n) is 1.90. The zero-order chi connectivity index (χ0) is 12.4. The van der Waals surface area contributed by atoms with E-state index in [-0.39, 0.29) is 12.6 Å². The van der Waals surface area contributed by atoms with Crippen LogP contribution in [0.5, 0.6) is 0 Å². The zero-order valence-corrected chi connectivity index (χ0v) is 10.2. The van der Waals surface area contributed by atoms with Gasteiger partial charge in [0.1, 0.15) is 5.60 Å². The van der Waals surface area contributed by atoms with E-state index in [1.807, 2.05) is 20.8 Å². The van der Waals surface area contributed by atoms with E-state index >= 15 is 0 Å². The van der Waals surface area contributed by atoms with Crippen LogP contribution in [0.3, 0.4) is 0 Å². The lowest BCUT2D eigenvalue weighted by Crippen LogP contribution is -2.44. The molecule has 0 aromatic carbocycles. The summed E-state index contributed by atoms with van der Waals surface area (Å²) >= 11 is 0. The Morgan fingerprint density at radius 2 is 2.25 bits per heavy atom. The fraction of sp³-hybridized carbons (Fsp3) is 0.909. The predicted octanol–water partition coefficient (Wildman–Crippen LogP) is 0.753. The predicted molar refractivity (Wildman–Crippen MR) is 61.0 cm³/mol. The van der Waals surface area contributed by atoms with Gasteiger partial charge >= 0.3 is 6.09 Å². The molecule has 0 spiro atoms. The number of nitrogens with one attached hydrogen (secondary N) is 1. The number of hydrogen-bond acceptors (Lipinski definition) is 4. The Balaban J connectivity index is 2.37. The average molecular weight is 230 g/mol. The number of nitrogens with two attached hydrogens (primary N) is 1. The van der Waals surface area contributed by atoms with Gasteiger partial charge in [-0.25, -0.2) is 4.79 Å². The van der Waals surface area contributed by atoms with E-state index in [1.165, 1.54) is 0 Å². The van der Waals surface area contributed by atoms with Gasteiger partial charge in [-0.1, -0.05) is 0 Å². The number of amides is 1. The lowest BCUT2D eigenvalue weighted by atomic mass is 10.0. The van der Waals surface area contributed by atoms with Crippen molar-refractivity contribution in [3.63, 3.8) is 0 Å². The minimum atomic E-state index is -0.542. The van der Waals surface area contributed by atoms with E-state index in [0.29, 0.717) is 6.42 Å². The fourth-order valence-corrected chi connectivity index (χ4v) is 1.90. The first-order chi connectivity index (χ1) is 7.24. The summed E-state index contributed by atoms with van der Waals surface area (Å²) in [5.74, 6) is 0. The first kappa shape index (κ1) is 13.3. The molecule has 1 aliphatic rings. The Labute approximate surface area is 96.3 Å². The summed E-state index contributed by atoms with van der Waals surface area (Å²) in [5, 5.41) is 11.9. The number of hydrogen-bond donors (Lipinski definition) is 3. The first-order valence-corrected chi connectivity index (χ1v) is 5.63. The number of aliphatic hydroxyl groups is 1. The molecular formula is C11H22N2O3. The summed E-state index contributed by atoms with van der Waals surface area (Å²) in [7, 11) is 0. The molecule has 16 heavy (non-hydrogen) atoms. The molecule has 5 heteroatoms. The summed E-state index contributed by atoms with van der Waals surface area (Å²) in [6.45, 7) is 5.42. The quantitative estimate of drug-likeness (QED) is 0.653. The summed E-state index contributed by atoms with van der Waals surface area (Å²) in [5.41, 5.74) is 4.88. The Bertz CT molecular complexity index is 262. The third-order valence-corrected chi connectivity index (χ3v) is 2.68. The molecule has 1 amide bonds. The van der Waals surface area contributed by atoms with Crippen LogP contribution in [0.4, 0.5) is 4.79 Å². The topological polar surface area (TPSA) is 84.6 Å². The van der Waals surface area contributed by atoms with Gasteiger partial charge in [-0.05, 0) is 40.0 Å². The van der Waals surface area contributed by atoms with Crippen molar-refractivity contribution in [2.24, 2.45) is 5.73 Å². The van der Waals surface area contributed by atoms with Crippen LogP contribution in [0, 0.1) is 0 Å². The molecule has 2 atom stereocenters. The van der Waals surface area contributed by atoms with E-state index in [1.54, 1.807) is 0 Å². The molecule has 94 valence electrons. The van der Waals surface area contributed by atoms with Gasteiger partial charge < -0.3 is 20.9 Å². The van der Waals surface area contributed by atoms with Crippen molar-refractivity contribution in [3.05, 3.63) is 0 Å². The molecule has 1 saturated carbocycles. The highest BCUT2D eigenvalue weighted by molar-refractivity contribution is 5.68.